The number of benzene rings is 1. The molecule has 24 heavy (non-hydrogen) atoms. The summed E-state index contributed by atoms with van der Waals surface area (Å²) in [6.07, 6.45) is 5.49. The normalized spacial score (nSPS) is 18.2. The van der Waals surface area contributed by atoms with Crippen LogP contribution in [0.2, 0.25) is 0 Å². The Kier molecular flexibility index (Phi) is 3.82. The second kappa shape index (κ2) is 5.99. The van der Waals surface area contributed by atoms with Gasteiger partial charge in [-0.05, 0) is 37.6 Å². The maximum atomic E-state index is 13.0. The zero-order valence-electron chi connectivity index (χ0n) is 13.1. The van der Waals surface area contributed by atoms with E-state index in [1.54, 1.807) is 53.5 Å². The van der Waals surface area contributed by atoms with Gasteiger partial charge in [0.2, 0.25) is 9.84 Å². The third-order valence-electron chi connectivity index (χ3n) is 4.38. The van der Waals surface area contributed by atoms with E-state index in [-0.39, 0.29) is 9.92 Å². The fourth-order valence-electron chi connectivity index (χ4n) is 3.16. The van der Waals surface area contributed by atoms with Gasteiger partial charge in [0.25, 0.3) is 0 Å². The largest absolute Gasteiger partial charge is 0.312 e. The molecule has 0 amide bonds. The van der Waals surface area contributed by atoms with Crippen LogP contribution >= 0.6 is 0 Å². The van der Waals surface area contributed by atoms with Gasteiger partial charge in [-0.1, -0.05) is 18.2 Å². The van der Waals surface area contributed by atoms with E-state index in [2.05, 4.69) is 15.4 Å². The Balaban J connectivity index is 1.84. The molecule has 1 aliphatic heterocycles. The van der Waals surface area contributed by atoms with Crippen molar-refractivity contribution in [3.8, 4) is 0 Å². The van der Waals surface area contributed by atoms with Crippen LogP contribution in [0.4, 0.5) is 0 Å². The second-order valence-corrected chi connectivity index (χ2v) is 7.85. The number of rotatable bonds is 4. The number of pyridine rings is 1. The van der Waals surface area contributed by atoms with Crippen LogP contribution in [0.5, 0.6) is 0 Å². The molecule has 4 rings (SSSR count). The summed E-state index contributed by atoms with van der Waals surface area (Å²) in [4.78, 5) is 4.40. The van der Waals surface area contributed by atoms with E-state index >= 15 is 0 Å². The van der Waals surface area contributed by atoms with Gasteiger partial charge >= 0.3 is 0 Å². The third kappa shape index (κ3) is 2.59. The Hall–Kier alpha value is -2.25. The number of nitrogens with one attached hydrogen (secondary N) is 1. The van der Waals surface area contributed by atoms with Crippen molar-refractivity contribution in [1.82, 2.24) is 20.1 Å². The van der Waals surface area contributed by atoms with Crippen LogP contribution in [-0.2, 0) is 16.4 Å². The van der Waals surface area contributed by atoms with Crippen molar-refractivity contribution in [2.24, 2.45) is 0 Å². The van der Waals surface area contributed by atoms with Gasteiger partial charge in [-0.3, -0.25) is 9.67 Å². The predicted molar refractivity (Wildman–Crippen MR) is 90.4 cm³/mol. The van der Waals surface area contributed by atoms with Gasteiger partial charge in [0.15, 0.2) is 5.03 Å². The highest BCUT2D eigenvalue weighted by molar-refractivity contribution is 7.91. The lowest BCUT2D eigenvalue weighted by Gasteiger charge is -2.10. The van der Waals surface area contributed by atoms with Crippen molar-refractivity contribution in [2.75, 3.05) is 6.54 Å². The van der Waals surface area contributed by atoms with Crippen LogP contribution < -0.4 is 5.32 Å². The number of nitrogens with zero attached hydrogens (tertiary/aromatic N) is 3. The van der Waals surface area contributed by atoms with Crippen molar-refractivity contribution in [3.63, 3.8) is 0 Å². The number of hydrogen-bond donors (Lipinski definition) is 1. The van der Waals surface area contributed by atoms with Gasteiger partial charge in [0.05, 0.1) is 23.2 Å². The third-order valence-corrected chi connectivity index (χ3v) is 6.09. The molecule has 6 nitrogen and oxygen atoms in total. The fraction of sp³-hybridized carbons (Fsp3) is 0.294. The van der Waals surface area contributed by atoms with Crippen LogP contribution in [0.3, 0.4) is 0 Å². The molecular weight excluding hydrogens is 324 g/mol. The van der Waals surface area contributed by atoms with E-state index in [0.29, 0.717) is 18.0 Å². The molecule has 3 heterocycles. The second-order valence-electron chi connectivity index (χ2n) is 5.99. The van der Waals surface area contributed by atoms with E-state index in [9.17, 15) is 8.42 Å². The minimum atomic E-state index is -3.66. The fourth-order valence-corrected chi connectivity index (χ4v) is 4.57. The van der Waals surface area contributed by atoms with Crippen molar-refractivity contribution < 1.29 is 8.42 Å². The van der Waals surface area contributed by atoms with Gasteiger partial charge in [-0.15, -0.1) is 0 Å². The molecule has 1 aromatic carbocycles. The molecule has 1 atom stereocenters. The Labute approximate surface area is 140 Å². The molecule has 7 heteroatoms. The summed E-state index contributed by atoms with van der Waals surface area (Å²) in [6, 6.07) is 10.5. The lowest BCUT2D eigenvalue weighted by atomic mass is 10.2. The average Bonchev–Trinajstić information content (AvgIpc) is 3.25. The van der Waals surface area contributed by atoms with Gasteiger partial charge in [-0.2, -0.15) is 5.10 Å². The predicted octanol–water partition coefficient (Wildman–Crippen LogP) is 2.02. The number of aromatic nitrogens is 3. The highest BCUT2D eigenvalue weighted by Gasteiger charge is 2.26. The maximum Gasteiger partial charge on any atom is 0.226 e. The molecule has 0 saturated carbocycles. The molecule has 1 N–H and O–H groups in total. The van der Waals surface area contributed by atoms with Gasteiger partial charge < -0.3 is 5.32 Å². The molecule has 124 valence electrons. The van der Waals surface area contributed by atoms with Crippen molar-refractivity contribution in [3.05, 3.63) is 48.8 Å². The van der Waals surface area contributed by atoms with E-state index < -0.39 is 9.84 Å². The van der Waals surface area contributed by atoms with Crippen LogP contribution in [0.15, 0.2) is 58.7 Å². The zero-order chi connectivity index (χ0) is 16.6. The van der Waals surface area contributed by atoms with Crippen molar-refractivity contribution in [1.29, 1.82) is 0 Å². The van der Waals surface area contributed by atoms with E-state index in [1.807, 2.05) is 0 Å². The molecule has 1 saturated heterocycles. The first kappa shape index (κ1) is 15.3. The molecular formula is C17H18N4O2S. The first-order valence-electron chi connectivity index (χ1n) is 8.00. The highest BCUT2D eigenvalue weighted by Crippen LogP contribution is 2.27. The Morgan fingerprint density at radius 2 is 2.04 bits per heavy atom. The molecule has 1 fully saturated rings. The van der Waals surface area contributed by atoms with Gasteiger partial charge in [0, 0.05) is 17.6 Å². The zero-order valence-corrected chi connectivity index (χ0v) is 13.9. The number of sulfone groups is 1. The molecule has 0 spiro atoms. The maximum absolute atomic E-state index is 13.0. The molecule has 0 radical (unpaired) electrons. The van der Waals surface area contributed by atoms with Crippen molar-refractivity contribution in [2.45, 2.75) is 35.3 Å². The van der Waals surface area contributed by atoms with Crippen LogP contribution in [0.25, 0.3) is 10.9 Å². The quantitative estimate of drug-likeness (QED) is 0.785. The molecule has 3 aromatic rings. The summed E-state index contributed by atoms with van der Waals surface area (Å²) in [5.74, 6) is 0. The average molecular weight is 342 g/mol. The lowest BCUT2D eigenvalue weighted by molar-refractivity contribution is 0.478. The SMILES string of the molecule is O=S(=O)(c1ccccc1)c1nn(CC2CCCN2)c2cnccc12. The van der Waals surface area contributed by atoms with Gasteiger partial charge in [-0.25, -0.2) is 8.42 Å². The summed E-state index contributed by atoms with van der Waals surface area (Å²) < 4.78 is 27.7. The van der Waals surface area contributed by atoms with Crippen LogP contribution in [0, 0.1) is 0 Å². The van der Waals surface area contributed by atoms with Crippen LogP contribution in [-0.4, -0.2) is 35.8 Å². The van der Waals surface area contributed by atoms with E-state index in [1.165, 1.54) is 0 Å². The van der Waals surface area contributed by atoms with Gasteiger partial charge in [0.1, 0.15) is 0 Å². The molecule has 1 unspecified atom stereocenters. The molecule has 2 aromatic heterocycles. The lowest BCUT2D eigenvalue weighted by Crippen LogP contribution is -2.27. The number of fused-ring (bicyclic) bond motifs is 1. The summed E-state index contributed by atoms with van der Waals surface area (Å²) in [5, 5.41) is 8.59. The van der Waals surface area contributed by atoms with E-state index in [4.69, 9.17) is 0 Å². The summed E-state index contributed by atoms with van der Waals surface area (Å²) >= 11 is 0. The Bertz CT molecular complexity index is 961. The van der Waals surface area contributed by atoms with Crippen LogP contribution in [0.1, 0.15) is 12.8 Å². The van der Waals surface area contributed by atoms with E-state index in [0.717, 1.165) is 24.9 Å². The minimum absolute atomic E-state index is 0.101. The minimum Gasteiger partial charge on any atom is -0.312 e. The highest BCUT2D eigenvalue weighted by atomic mass is 32.2. The Morgan fingerprint density at radius 3 is 2.79 bits per heavy atom. The summed E-state index contributed by atoms with van der Waals surface area (Å²) in [7, 11) is -3.66. The summed E-state index contributed by atoms with van der Waals surface area (Å²) in [6.45, 7) is 1.64. The smallest absolute Gasteiger partial charge is 0.226 e. The number of hydrogen-bond acceptors (Lipinski definition) is 5. The first-order chi connectivity index (χ1) is 11.7. The topological polar surface area (TPSA) is 76.9 Å². The molecule has 1 aliphatic rings. The van der Waals surface area contributed by atoms with Crippen molar-refractivity contribution >= 4 is 20.7 Å². The Morgan fingerprint density at radius 1 is 1.21 bits per heavy atom. The molecule has 0 bridgehead atoms. The molecule has 0 aliphatic carbocycles. The summed E-state index contributed by atoms with van der Waals surface area (Å²) in [5.41, 5.74) is 0.751. The monoisotopic (exact) mass is 342 g/mol. The first-order valence-corrected chi connectivity index (χ1v) is 9.48. The standard InChI is InChI=1S/C17H18N4O2S/c22-24(23,14-6-2-1-3-7-14)17-15-8-10-18-11-16(15)21(20-17)12-13-5-4-9-19-13/h1-3,6-8,10-11,13,19H,4-5,9,12H2.